The highest BCUT2D eigenvalue weighted by Crippen LogP contribution is 2.21. The molecule has 0 radical (unpaired) electrons. The summed E-state index contributed by atoms with van der Waals surface area (Å²) in [5, 5.41) is 5.94. The first-order chi connectivity index (χ1) is 6.79. The molecule has 0 aliphatic carbocycles. The lowest BCUT2D eigenvalue weighted by atomic mass is 10.1. The second-order valence-corrected chi connectivity index (χ2v) is 3.09. The number of rotatable bonds is 2. The third-order valence-corrected chi connectivity index (χ3v) is 2.14. The highest BCUT2D eigenvalue weighted by atomic mass is 16.1. The number of anilines is 1. The minimum Gasteiger partial charge on any atom is -0.366 e. The predicted octanol–water partition coefficient (Wildman–Crippen LogP) is 0.981. The average Bonchev–Trinajstić information content (AvgIpc) is 2.70. The first kappa shape index (κ1) is 8.74. The molecule has 0 saturated carbocycles. The molecule has 0 aromatic heterocycles. The zero-order valence-electron chi connectivity index (χ0n) is 7.68. The molecule has 4 nitrogen and oxygen atoms in total. The fourth-order valence-electron chi connectivity index (χ4n) is 1.48. The molecule has 1 aliphatic rings. The summed E-state index contributed by atoms with van der Waals surface area (Å²) in [4.78, 5) is 11.1. The van der Waals surface area contributed by atoms with Gasteiger partial charge in [-0.1, -0.05) is 12.1 Å². The van der Waals surface area contributed by atoms with Crippen LogP contribution in [-0.2, 0) is 0 Å². The van der Waals surface area contributed by atoms with E-state index in [0.717, 1.165) is 18.7 Å². The molecule has 1 aromatic carbocycles. The highest BCUT2D eigenvalue weighted by Gasteiger charge is 2.14. The number of carbonyl (C=O) groups is 1. The van der Waals surface area contributed by atoms with Crippen molar-refractivity contribution < 1.29 is 4.79 Å². The van der Waals surface area contributed by atoms with Crippen LogP contribution in [0.15, 0.2) is 29.4 Å². The Balaban J connectivity index is 2.40. The van der Waals surface area contributed by atoms with Crippen molar-refractivity contribution in [3.63, 3.8) is 0 Å². The smallest absolute Gasteiger partial charge is 0.250 e. The third-order valence-electron chi connectivity index (χ3n) is 2.14. The summed E-state index contributed by atoms with van der Waals surface area (Å²) in [7, 11) is 0. The van der Waals surface area contributed by atoms with Crippen LogP contribution < -0.4 is 10.7 Å². The molecule has 0 fully saturated rings. The predicted molar refractivity (Wildman–Crippen MR) is 55.4 cm³/mol. The van der Waals surface area contributed by atoms with Gasteiger partial charge in [0.05, 0.1) is 11.3 Å². The van der Waals surface area contributed by atoms with Crippen molar-refractivity contribution in [2.75, 3.05) is 11.6 Å². The fourth-order valence-corrected chi connectivity index (χ4v) is 1.48. The standard InChI is InChI=1S/C10H11N3O/c11-10(14)8-4-1-2-5-9(8)13-7-3-6-12-13/h1-2,4-6H,3,7H2,(H2,11,14). The third kappa shape index (κ3) is 1.46. The fraction of sp³-hybridized carbons (Fsp3) is 0.200. The minimum atomic E-state index is -0.414. The lowest BCUT2D eigenvalue weighted by Crippen LogP contribution is -2.19. The Bertz CT molecular complexity index is 387. The van der Waals surface area contributed by atoms with Gasteiger partial charge in [-0.15, -0.1) is 0 Å². The number of hydrogen-bond donors (Lipinski definition) is 1. The normalized spacial score (nSPS) is 14.7. The van der Waals surface area contributed by atoms with E-state index >= 15 is 0 Å². The van der Waals surface area contributed by atoms with E-state index in [4.69, 9.17) is 5.73 Å². The molecule has 2 rings (SSSR count). The number of primary amides is 1. The minimum absolute atomic E-state index is 0.414. The van der Waals surface area contributed by atoms with Crippen LogP contribution in [0.4, 0.5) is 5.69 Å². The van der Waals surface area contributed by atoms with E-state index in [1.54, 1.807) is 17.1 Å². The molecule has 72 valence electrons. The molecule has 0 atom stereocenters. The van der Waals surface area contributed by atoms with Gasteiger partial charge >= 0.3 is 0 Å². The lowest BCUT2D eigenvalue weighted by Gasteiger charge is -2.16. The van der Waals surface area contributed by atoms with E-state index in [-0.39, 0.29) is 0 Å². The zero-order chi connectivity index (χ0) is 9.97. The molecule has 4 heteroatoms. The number of hydrazone groups is 1. The summed E-state index contributed by atoms with van der Waals surface area (Å²) in [6, 6.07) is 7.23. The number of benzene rings is 1. The molecular formula is C10H11N3O. The van der Waals surface area contributed by atoms with E-state index in [9.17, 15) is 4.79 Å². The van der Waals surface area contributed by atoms with Gasteiger partial charge in [-0.3, -0.25) is 9.80 Å². The second kappa shape index (κ2) is 3.49. The van der Waals surface area contributed by atoms with Gasteiger partial charge in [0.1, 0.15) is 0 Å². The molecule has 0 bridgehead atoms. The summed E-state index contributed by atoms with van der Waals surface area (Å²) >= 11 is 0. The lowest BCUT2D eigenvalue weighted by molar-refractivity contribution is 0.100. The molecule has 1 aromatic rings. The van der Waals surface area contributed by atoms with Crippen molar-refractivity contribution in [1.29, 1.82) is 0 Å². The van der Waals surface area contributed by atoms with Gasteiger partial charge in [-0.05, 0) is 12.1 Å². The van der Waals surface area contributed by atoms with Crippen molar-refractivity contribution in [2.45, 2.75) is 6.42 Å². The number of carbonyl (C=O) groups excluding carboxylic acids is 1. The molecule has 1 aliphatic heterocycles. The Morgan fingerprint density at radius 2 is 2.21 bits per heavy atom. The van der Waals surface area contributed by atoms with Crippen LogP contribution in [0.25, 0.3) is 0 Å². The Hall–Kier alpha value is -1.84. The van der Waals surface area contributed by atoms with Crippen LogP contribution in [0, 0.1) is 0 Å². The van der Waals surface area contributed by atoms with Crippen molar-refractivity contribution in [3.05, 3.63) is 29.8 Å². The Labute approximate surface area is 82.0 Å². The Kier molecular flexibility index (Phi) is 2.18. The van der Waals surface area contributed by atoms with Crippen LogP contribution in [0.1, 0.15) is 16.8 Å². The SMILES string of the molecule is NC(=O)c1ccccc1N1CCC=N1. The molecule has 0 spiro atoms. The van der Waals surface area contributed by atoms with Gasteiger partial charge in [0.25, 0.3) is 5.91 Å². The zero-order valence-corrected chi connectivity index (χ0v) is 7.68. The van der Waals surface area contributed by atoms with Gasteiger partial charge in [0.2, 0.25) is 0 Å². The molecule has 0 saturated heterocycles. The Morgan fingerprint density at radius 3 is 2.86 bits per heavy atom. The van der Waals surface area contributed by atoms with E-state index in [1.165, 1.54) is 0 Å². The average molecular weight is 189 g/mol. The van der Waals surface area contributed by atoms with Gasteiger partial charge in [-0.2, -0.15) is 5.10 Å². The van der Waals surface area contributed by atoms with Crippen molar-refractivity contribution in [3.8, 4) is 0 Å². The number of amides is 1. The molecule has 1 heterocycles. The van der Waals surface area contributed by atoms with E-state index in [1.807, 2.05) is 18.3 Å². The molecule has 2 N–H and O–H groups in total. The largest absolute Gasteiger partial charge is 0.366 e. The van der Waals surface area contributed by atoms with Crippen LogP contribution in [0.2, 0.25) is 0 Å². The van der Waals surface area contributed by atoms with Crippen LogP contribution in [-0.4, -0.2) is 18.7 Å². The van der Waals surface area contributed by atoms with Crippen LogP contribution in [0.3, 0.4) is 0 Å². The van der Waals surface area contributed by atoms with E-state index in [0.29, 0.717) is 5.56 Å². The first-order valence-corrected chi connectivity index (χ1v) is 4.48. The molecule has 14 heavy (non-hydrogen) atoms. The summed E-state index contributed by atoms with van der Waals surface area (Å²) in [6.07, 6.45) is 2.74. The van der Waals surface area contributed by atoms with Gasteiger partial charge < -0.3 is 5.73 Å². The van der Waals surface area contributed by atoms with E-state index in [2.05, 4.69) is 5.10 Å². The first-order valence-electron chi connectivity index (χ1n) is 4.48. The summed E-state index contributed by atoms with van der Waals surface area (Å²) in [6.45, 7) is 0.810. The summed E-state index contributed by atoms with van der Waals surface area (Å²) < 4.78 is 0. The maximum absolute atomic E-state index is 11.1. The summed E-state index contributed by atoms with van der Waals surface area (Å²) in [5.74, 6) is -0.414. The number of hydrogen-bond acceptors (Lipinski definition) is 3. The van der Waals surface area contributed by atoms with Crippen molar-refractivity contribution >= 4 is 17.8 Å². The molecule has 0 unspecified atom stereocenters. The number of nitrogens with zero attached hydrogens (tertiary/aromatic N) is 2. The Morgan fingerprint density at radius 1 is 1.43 bits per heavy atom. The van der Waals surface area contributed by atoms with Crippen molar-refractivity contribution in [2.24, 2.45) is 10.8 Å². The maximum Gasteiger partial charge on any atom is 0.250 e. The molecular weight excluding hydrogens is 178 g/mol. The van der Waals surface area contributed by atoms with Crippen LogP contribution in [0.5, 0.6) is 0 Å². The highest BCUT2D eigenvalue weighted by molar-refractivity contribution is 5.98. The summed E-state index contributed by atoms with van der Waals surface area (Å²) in [5.41, 5.74) is 6.57. The van der Waals surface area contributed by atoms with Gasteiger partial charge in [0.15, 0.2) is 0 Å². The topological polar surface area (TPSA) is 58.7 Å². The van der Waals surface area contributed by atoms with Crippen LogP contribution >= 0.6 is 0 Å². The van der Waals surface area contributed by atoms with Gasteiger partial charge in [0, 0.05) is 19.2 Å². The second-order valence-electron chi connectivity index (χ2n) is 3.09. The quantitative estimate of drug-likeness (QED) is 0.753. The monoisotopic (exact) mass is 189 g/mol. The van der Waals surface area contributed by atoms with Crippen molar-refractivity contribution in [1.82, 2.24) is 0 Å². The molecule has 1 amide bonds. The maximum atomic E-state index is 11.1. The van der Waals surface area contributed by atoms with Gasteiger partial charge in [-0.25, -0.2) is 0 Å². The van der Waals surface area contributed by atoms with E-state index < -0.39 is 5.91 Å². The number of nitrogens with two attached hydrogens (primary N) is 1. The number of para-hydroxylation sites is 1.